The first-order chi connectivity index (χ1) is 9.83. The van der Waals surface area contributed by atoms with Crippen molar-refractivity contribution in [1.82, 2.24) is 5.32 Å². The minimum absolute atomic E-state index is 0.672. The molecule has 0 saturated heterocycles. The van der Waals surface area contributed by atoms with E-state index < -0.39 is 0 Å². The lowest BCUT2D eigenvalue weighted by Gasteiger charge is -2.13. The molecule has 0 bridgehead atoms. The summed E-state index contributed by atoms with van der Waals surface area (Å²) in [6.45, 7) is 1.48. The maximum absolute atomic E-state index is 6.29. The molecule has 0 unspecified atom stereocenters. The molecule has 0 aliphatic heterocycles. The van der Waals surface area contributed by atoms with Gasteiger partial charge in [0.2, 0.25) is 0 Å². The van der Waals surface area contributed by atoms with Gasteiger partial charge in [-0.2, -0.15) is 0 Å². The van der Waals surface area contributed by atoms with Crippen LogP contribution >= 0.6 is 22.9 Å². The predicted molar refractivity (Wildman–Crippen MR) is 84.8 cm³/mol. The van der Waals surface area contributed by atoms with E-state index in [1.807, 2.05) is 18.2 Å². The Bertz CT molecular complexity index is 552. The Balaban J connectivity index is 1.60. The van der Waals surface area contributed by atoms with Crippen LogP contribution in [0.4, 0.5) is 0 Å². The lowest BCUT2D eigenvalue weighted by molar-refractivity contribution is 0.318. The number of rotatable bonds is 7. The summed E-state index contributed by atoms with van der Waals surface area (Å²) >= 11 is 8.06. The molecular formula is C16H18ClNOS. The zero-order valence-electron chi connectivity index (χ0n) is 11.3. The van der Waals surface area contributed by atoms with Gasteiger partial charge in [-0.25, -0.2) is 0 Å². The number of nitrogens with one attached hydrogen (secondary N) is 1. The van der Waals surface area contributed by atoms with Crippen LogP contribution in [-0.4, -0.2) is 12.6 Å². The van der Waals surface area contributed by atoms with Crippen molar-refractivity contribution in [2.45, 2.75) is 31.8 Å². The molecule has 1 heterocycles. The van der Waals surface area contributed by atoms with Crippen molar-refractivity contribution in [3.05, 3.63) is 51.2 Å². The zero-order valence-corrected chi connectivity index (χ0v) is 12.8. The average molecular weight is 308 g/mol. The van der Waals surface area contributed by atoms with Crippen molar-refractivity contribution in [2.24, 2.45) is 0 Å². The van der Waals surface area contributed by atoms with Crippen LogP contribution in [0.1, 0.15) is 23.3 Å². The number of halogens is 1. The molecule has 1 aliphatic rings. The van der Waals surface area contributed by atoms with Crippen molar-refractivity contribution in [3.8, 4) is 5.75 Å². The Morgan fingerprint density at radius 3 is 2.90 bits per heavy atom. The molecule has 2 aromatic rings. The highest BCUT2D eigenvalue weighted by Gasteiger charge is 2.21. The summed E-state index contributed by atoms with van der Waals surface area (Å²) in [7, 11) is 0. The third kappa shape index (κ3) is 3.75. The van der Waals surface area contributed by atoms with Gasteiger partial charge in [-0.1, -0.05) is 23.7 Å². The van der Waals surface area contributed by atoms with E-state index in [1.165, 1.54) is 17.7 Å². The van der Waals surface area contributed by atoms with E-state index in [9.17, 15) is 0 Å². The van der Waals surface area contributed by atoms with Crippen LogP contribution in [-0.2, 0) is 13.0 Å². The second-order valence-electron chi connectivity index (χ2n) is 5.05. The first-order valence-corrected chi connectivity index (χ1v) is 8.24. The fourth-order valence-electron chi connectivity index (χ4n) is 2.10. The fourth-order valence-corrected chi connectivity index (χ4v) is 3.02. The van der Waals surface area contributed by atoms with E-state index in [-0.39, 0.29) is 0 Å². The van der Waals surface area contributed by atoms with Crippen LogP contribution in [0.3, 0.4) is 0 Å². The highest BCUT2D eigenvalue weighted by molar-refractivity contribution is 7.09. The Morgan fingerprint density at radius 2 is 2.15 bits per heavy atom. The van der Waals surface area contributed by atoms with Gasteiger partial charge in [-0.05, 0) is 36.4 Å². The van der Waals surface area contributed by atoms with Crippen LogP contribution in [0.25, 0.3) is 0 Å². The van der Waals surface area contributed by atoms with Gasteiger partial charge < -0.3 is 10.1 Å². The fraction of sp³-hybridized carbons (Fsp3) is 0.375. The van der Waals surface area contributed by atoms with E-state index in [0.717, 1.165) is 29.3 Å². The SMILES string of the molecule is Clc1cccc(OCCc2cccs2)c1CNC1CC1. The van der Waals surface area contributed by atoms with Gasteiger partial charge >= 0.3 is 0 Å². The van der Waals surface area contributed by atoms with Gasteiger partial charge in [0, 0.05) is 34.5 Å². The summed E-state index contributed by atoms with van der Waals surface area (Å²) in [6.07, 6.45) is 3.50. The summed E-state index contributed by atoms with van der Waals surface area (Å²) in [5, 5.41) is 6.38. The molecule has 4 heteroatoms. The largest absolute Gasteiger partial charge is 0.493 e. The van der Waals surface area contributed by atoms with E-state index >= 15 is 0 Å². The van der Waals surface area contributed by atoms with E-state index in [1.54, 1.807) is 11.3 Å². The molecule has 1 N–H and O–H groups in total. The second kappa shape index (κ2) is 6.61. The summed E-state index contributed by atoms with van der Waals surface area (Å²) in [4.78, 5) is 1.35. The topological polar surface area (TPSA) is 21.3 Å². The maximum Gasteiger partial charge on any atom is 0.125 e. The lowest BCUT2D eigenvalue weighted by Crippen LogP contribution is -2.16. The lowest BCUT2D eigenvalue weighted by atomic mass is 10.2. The first kappa shape index (κ1) is 13.9. The summed E-state index contributed by atoms with van der Waals surface area (Å²) in [5.74, 6) is 0.905. The Morgan fingerprint density at radius 1 is 1.25 bits per heavy atom. The van der Waals surface area contributed by atoms with Gasteiger partial charge in [-0.15, -0.1) is 11.3 Å². The molecule has 1 aromatic carbocycles. The third-order valence-corrected chi connectivity index (χ3v) is 4.70. The summed E-state index contributed by atoms with van der Waals surface area (Å²) in [6, 6.07) is 10.8. The molecule has 0 radical (unpaired) electrons. The minimum atomic E-state index is 0.672. The highest BCUT2D eigenvalue weighted by atomic mass is 35.5. The van der Waals surface area contributed by atoms with Crippen molar-refractivity contribution >= 4 is 22.9 Å². The quantitative estimate of drug-likeness (QED) is 0.824. The predicted octanol–water partition coefficient (Wildman–Crippen LogP) is 4.28. The van der Waals surface area contributed by atoms with Gasteiger partial charge in [-0.3, -0.25) is 0 Å². The molecule has 1 saturated carbocycles. The van der Waals surface area contributed by atoms with E-state index in [0.29, 0.717) is 12.6 Å². The third-order valence-electron chi connectivity index (χ3n) is 3.41. The standard InChI is InChI=1S/C16H18ClNOS/c17-15-4-1-5-16(14(15)11-18-12-6-7-12)19-9-8-13-3-2-10-20-13/h1-5,10,12,18H,6-9,11H2. The van der Waals surface area contributed by atoms with Gasteiger partial charge in [0.1, 0.15) is 5.75 Å². The molecule has 0 amide bonds. The van der Waals surface area contributed by atoms with Gasteiger partial charge in [0.15, 0.2) is 0 Å². The number of benzene rings is 1. The zero-order chi connectivity index (χ0) is 13.8. The molecule has 1 aliphatic carbocycles. The van der Waals surface area contributed by atoms with Crippen LogP contribution in [0.2, 0.25) is 5.02 Å². The Hall–Kier alpha value is -1.03. The van der Waals surface area contributed by atoms with E-state index in [2.05, 4.69) is 22.8 Å². The van der Waals surface area contributed by atoms with Crippen molar-refractivity contribution in [1.29, 1.82) is 0 Å². The van der Waals surface area contributed by atoms with Crippen LogP contribution < -0.4 is 10.1 Å². The molecule has 106 valence electrons. The number of thiophene rings is 1. The van der Waals surface area contributed by atoms with Crippen LogP contribution in [0.5, 0.6) is 5.75 Å². The minimum Gasteiger partial charge on any atom is -0.493 e. The number of hydrogen-bond donors (Lipinski definition) is 1. The molecule has 1 aromatic heterocycles. The van der Waals surface area contributed by atoms with Crippen molar-refractivity contribution in [2.75, 3.05) is 6.61 Å². The molecule has 2 nitrogen and oxygen atoms in total. The molecule has 3 rings (SSSR count). The first-order valence-electron chi connectivity index (χ1n) is 6.99. The smallest absolute Gasteiger partial charge is 0.125 e. The van der Waals surface area contributed by atoms with Gasteiger partial charge in [0.25, 0.3) is 0 Å². The van der Waals surface area contributed by atoms with Gasteiger partial charge in [0.05, 0.1) is 6.61 Å². The highest BCUT2D eigenvalue weighted by Crippen LogP contribution is 2.28. The van der Waals surface area contributed by atoms with Crippen LogP contribution in [0.15, 0.2) is 35.7 Å². The Labute approximate surface area is 128 Å². The van der Waals surface area contributed by atoms with Crippen LogP contribution in [0, 0.1) is 0 Å². The molecular weight excluding hydrogens is 290 g/mol. The monoisotopic (exact) mass is 307 g/mol. The number of hydrogen-bond acceptors (Lipinski definition) is 3. The van der Waals surface area contributed by atoms with E-state index in [4.69, 9.17) is 16.3 Å². The average Bonchev–Trinajstić information content (AvgIpc) is 3.13. The molecule has 1 fully saturated rings. The molecule has 0 spiro atoms. The molecule has 20 heavy (non-hydrogen) atoms. The normalized spacial score (nSPS) is 14.4. The number of ether oxygens (including phenoxy) is 1. The Kier molecular flexibility index (Phi) is 4.61. The van der Waals surface area contributed by atoms with Crippen molar-refractivity contribution in [3.63, 3.8) is 0 Å². The molecule has 0 atom stereocenters. The van der Waals surface area contributed by atoms with Crippen molar-refractivity contribution < 1.29 is 4.74 Å². The maximum atomic E-state index is 6.29. The second-order valence-corrected chi connectivity index (χ2v) is 6.49. The summed E-state index contributed by atoms with van der Waals surface area (Å²) < 4.78 is 5.93. The summed E-state index contributed by atoms with van der Waals surface area (Å²) in [5.41, 5.74) is 1.08.